The highest BCUT2D eigenvalue weighted by Crippen LogP contribution is 2.47. The average Bonchev–Trinajstić information content (AvgIpc) is 3.18. The predicted octanol–water partition coefficient (Wildman–Crippen LogP) is 5.18. The summed E-state index contributed by atoms with van der Waals surface area (Å²) in [7, 11) is 0.838. The van der Waals surface area contributed by atoms with Crippen molar-refractivity contribution in [2.75, 3.05) is 7.11 Å². The van der Waals surface area contributed by atoms with E-state index in [1.807, 2.05) is 13.0 Å². The lowest BCUT2D eigenvalue weighted by Gasteiger charge is -2.37. The largest absolute Gasteiger partial charge is 0.453 e. The molecule has 1 saturated carbocycles. The molecule has 1 aromatic rings. The summed E-state index contributed by atoms with van der Waals surface area (Å²) in [5.74, 6) is 1.97. The molecule has 4 nitrogen and oxygen atoms in total. The standard InChI is InChI=1S/C26H40BNO3/c1-4-22(26(28)29)23(7-5-6-16-27(30)31-3)19-9-11-20(12-10-19)24-15-13-21-17-18(2)8-14-25(21)24/h4,8,14,17,19-20,23-24,30H,5-7,9-13,15-16H2,1-3H3,(H2,28,29)/b22-4-. The van der Waals surface area contributed by atoms with Crippen LogP contribution in [0.1, 0.15) is 80.9 Å². The number of allylic oxidation sites excluding steroid dienone is 1. The second kappa shape index (κ2) is 11.3. The molecule has 1 aromatic carbocycles. The van der Waals surface area contributed by atoms with Crippen molar-refractivity contribution in [2.45, 2.75) is 83.9 Å². The number of nitrogens with two attached hydrogens (primary N) is 1. The zero-order chi connectivity index (χ0) is 22.4. The highest BCUT2D eigenvalue weighted by Gasteiger charge is 2.36. The summed E-state index contributed by atoms with van der Waals surface area (Å²) in [6, 6.07) is 7.02. The first-order valence-corrected chi connectivity index (χ1v) is 12.2. The third-order valence-electron chi connectivity index (χ3n) is 7.86. The number of carbonyl (C=O) groups excluding carboxylic acids is 1. The van der Waals surface area contributed by atoms with Gasteiger partial charge in [-0.2, -0.15) is 0 Å². The van der Waals surface area contributed by atoms with Crippen LogP contribution in [0.3, 0.4) is 0 Å². The highest BCUT2D eigenvalue weighted by atomic mass is 16.5. The van der Waals surface area contributed by atoms with Gasteiger partial charge in [-0.15, -0.1) is 0 Å². The van der Waals surface area contributed by atoms with Gasteiger partial charge in [-0.3, -0.25) is 4.79 Å². The molecule has 0 saturated heterocycles. The average molecular weight is 425 g/mol. The number of primary amides is 1. The molecule has 170 valence electrons. The number of hydrogen-bond donors (Lipinski definition) is 2. The van der Waals surface area contributed by atoms with Gasteiger partial charge in [-0.25, -0.2) is 0 Å². The number of rotatable bonds is 10. The zero-order valence-corrected chi connectivity index (χ0v) is 19.6. The number of aryl methyl sites for hydroxylation is 2. The van der Waals surface area contributed by atoms with Crippen molar-refractivity contribution >= 4 is 13.0 Å². The van der Waals surface area contributed by atoms with Crippen LogP contribution in [-0.2, 0) is 15.9 Å². The molecule has 1 amide bonds. The number of unbranched alkanes of at least 4 members (excludes halogenated alkanes) is 1. The van der Waals surface area contributed by atoms with E-state index in [4.69, 9.17) is 10.4 Å². The summed E-state index contributed by atoms with van der Waals surface area (Å²) in [5, 5.41) is 9.63. The first-order chi connectivity index (χ1) is 14.9. The second-order valence-electron chi connectivity index (χ2n) is 9.71. The van der Waals surface area contributed by atoms with Gasteiger partial charge in [0.1, 0.15) is 0 Å². The van der Waals surface area contributed by atoms with Crippen LogP contribution in [0.2, 0.25) is 6.32 Å². The van der Waals surface area contributed by atoms with Crippen LogP contribution in [0.4, 0.5) is 0 Å². The van der Waals surface area contributed by atoms with Gasteiger partial charge < -0.3 is 15.4 Å². The number of benzene rings is 1. The molecule has 31 heavy (non-hydrogen) atoms. The molecular weight excluding hydrogens is 385 g/mol. The molecule has 0 aliphatic heterocycles. The van der Waals surface area contributed by atoms with Crippen molar-refractivity contribution in [1.29, 1.82) is 0 Å². The van der Waals surface area contributed by atoms with E-state index in [1.165, 1.54) is 51.2 Å². The third kappa shape index (κ3) is 6.01. The Morgan fingerprint density at radius 3 is 2.65 bits per heavy atom. The first kappa shape index (κ1) is 24.1. The molecule has 5 heteroatoms. The summed E-state index contributed by atoms with van der Waals surface area (Å²) in [5.41, 5.74) is 11.1. The van der Waals surface area contributed by atoms with Crippen molar-refractivity contribution in [3.05, 3.63) is 46.5 Å². The van der Waals surface area contributed by atoms with E-state index in [9.17, 15) is 9.82 Å². The van der Waals surface area contributed by atoms with Crippen molar-refractivity contribution < 1.29 is 14.5 Å². The normalized spacial score (nSPS) is 24.6. The molecule has 3 N–H and O–H groups in total. The maximum Gasteiger partial charge on any atom is 0.453 e. The molecule has 2 aliphatic carbocycles. The number of carbonyl (C=O) groups is 1. The van der Waals surface area contributed by atoms with Crippen LogP contribution in [0.5, 0.6) is 0 Å². The lowest BCUT2D eigenvalue weighted by Crippen LogP contribution is -2.30. The van der Waals surface area contributed by atoms with Crippen LogP contribution in [-0.4, -0.2) is 25.2 Å². The van der Waals surface area contributed by atoms with E-state index < -0.39 is 7.12 Å². The van der Waals surface area contributed by atoms with Crippen LogP contribution in [0.15, 0.2) is 29.8 Å². The minimum atomic E-state index is -0.690. The predicted molar refractivity (Wildman–Crippen MR) is 128 cm³/mol. The molecule has 0 aromatic heterocycles. The maximum absolute atomic E-state index is 12.1. The smallest absolute Gasteiger partial charge is 0.427 e. The fourth-order valence-electron chi connectivity index (χ4n) is 6.20. The van der Waals surface area contributed by atoms with Crippen LogP contribution < -0.4 is 5.73 Å². The Morgan fingerprint density at radius 2 is 2.00 bits per heavy atom. The summed E-state index contributed by atoms with van der Waals surface area (Å²) >= 11 is 0. The van der Waals surface area contributed by atoms with Gasteiger partial charge in [0.15, 0.2) is 0 Å². The molecule has 0 spiro atoms. The SMILES string of the molecule is C/C=C(\C(N)=O)C(CCCCB(O)OC)C1CCC(C2CCc3cc(C)ccc32)CC1. The molecule has 0 heterocycles. The summed E-state index contributed by atoms with van der Waals surface area (Å²) in [6.07, 6.45) is 12.8. The van der Waals surface area contributed by atoms with Crippen LogP contribution in [0.25, 0.3) is 0 Å². The Balaban J connectivity index is 1.60. The highest BCUT2D eigenvalue weighted by molar-refractivity contribution is 6.42. The molecule has 0 radical (unpaired) electrons. The van der Waals surface area contributed by atoms with Gasteiger partial charge in [0.2, 0.25) is 5.91 Å². The van der Waals surface area contributed by atoms with Gasteiger partial charge in [-0.05, 0) is 99.9 Å². The molecule has 2 unspecified atom stereocenters. The van der Waals surface area contributed by atoms with E-state index in [-0.39, 0.29) is 11.8 Å². The van der Waals surface area contributed by atoms with Crippen molar-refractivity contribution in [3.63, 3.8) is 0 Å². The molecule has 3 rings (SSSR count). The second-order valence-corrected chi connectivity index (χ2v) is 9.71. The van der Waals surface area contributed by atoms with Crippen LogP contribution in [0, 0.1) is 24.7 Å². The fraction of sp³-hybridized carbons (Fsp3) is 0.654. The quantitative estimate of drug-likeness (QED) is 0.308. The van der Waals surface area contributed by atoms with Gasteiger partial charge in [0, 0.05) is 12.7 Å². The van der Waals surface area contributed by atoms with Crippen molar-refractivity contribution in [1.82, 2.24) is 0 Å². The van der Waals surface area contributed by atoms with Crippen molar-refractivity contribution in [2.24, 2.45) is 23.5 Å². The summed E-state index contributed by atoms with van der Waals surface area (Å²) < 4.78 is 4.94. The van der Waals surface area contributed by atoms with Crippen molar-refractivity contribution in [3.8, 4) is 0 Å². The molecule has 2 atom stereocenters. The van der Waals surface area contributed by atoms with Gasteiger partial charge >= 0.3 is 7.12 Å². The molecule has 0 bridgehead atoms. The zero-order valence-electron chi connectivity index (χ0n) is 19.6. The Bertz CT molecular complexity index is 770. The topological polar surface area (TPSA) is 72.6 Å². The minimum Gasteiger partial charge on any atom is -0.427 e. The lowest BCUT2D eigenvalue weighted by atomic mass is 9.68. The van der Waals surface area contributed by atoms with E-state index in [1.54, 1.807) is 11.1 Å². The lowest BCUT2D eigenvalue weighted by molar-refractivity contribution is -0.115. The van der Waals surface area contributed by atoms with E-state index in [2.05, 4.69) is 25.1 Å². The number of hydrogen-bond acceptors (Lipinski definition) is 3. The van der Waals surface area contributed by atoms with E-state index in [0.717, 1.165) is 30.8 Å². The minimum absolute atomic E-state index is 0.238. The molecule has 2 aliphatic rings. The van der Waals surface area contributed by atoms with Gasteiger partial charge in [0.05, 0.1) is 0 Å². The summed E-state index contributed by atoms with van der Waals surface area (Å²) in [4.78, 5) is 12.1. The van der Waals surface area contributed by atoms with E-state index in [0.29, 0.717) is 18.2 Å². The fourth-order valence-corrected chi connectivity index (χ4v) is 6.20. The summed E-state index contributed by atoms with van der Waals surface area (Å²) in [6.45, 7) is 4.12. The first-order valence-electron chi connectivity index (χ1n) is 12.2. The Labute approximate surface area is 188 Å². The Hall–Kier alpha value is -1.59. The molecular formula is C26H40BNO3. The van der Waals surface area contributed by atoms with Gasteiger partial charge in [-0.1, -0.05) is 42.7 Å². The third-order valence-corrected chi connectivity index (χ3v) is 7.86. The monoisotopic (exact) mass is 425 g/mol. The Kier molecular flexibility index (Phi) is 8.80. The van der Waals surface area contributed by atoms with E-state index >= 15 is 0 Å². The van der Waals surface area contributed by atoms with Crippen LogP contribution >= 0.6 is 0 Å². The van der Waals surface area contributed by atoms with Gasteiger partial charge in [0.25, 0.3) is 0 Å². The maximum atomic E-state index is 12.1. The number of amides is 1. The number of fused-ring (bicyclic) bond motifs is 1. The Morgan fingerprint density at radius 1 is 1.26 bits per heavy atom. The molecule has 1 fully saturated rings.